The van der Waals surface area contributed by atoms with E-state index in [1.54, 1.807) is 24.3 Å². The second-order valence-electron chi connectivity index (χ2n) is 5.22. The molecule has 108 valence electrons. The van der Waals surface area contributed by atoms with Gasteiger partial charge in [0, 0.05) is 12.2 Å². The maximum Gasteiger partial charge on any atom is 0.255 e. The van der Waals surface area contributed by atoms with E-state index in [1.165, 1.54) is 0 Å². The number of carbonyl (C=O) groups is 2. The van der Waals surface area contributed by atoms with Crippen LogP contribution in [-0.2, 0) is 9.59 Å². The van der Waals surface area contributed by atoms with Crippen molar-refractivity contribution < 1.29 is 14.3 Å². The number of benzene rings is 1. The molecule has 0 aromatic heterocycles. The Hall–Kier alpha value is -2.08. The third-order valence-electron chi connectivity index (χ3n) is 3.41. The third kappa shape index (κ3) is 3.48. The summed E-state index contributed by atoms with van der Waals surface area (Å²) in [6.07, 6.45) is 0.832. The van der Waals surface area contributed by atoms with Crippen LogP contribution in [0.4, 0.5) is 5.69 Å². The van der Waals surface area contributed by atoms with Gasteiger partial charge in [0.2, 0.25) is 5.91 Å². The predicted molar refractivity (Wildman–Crippen MR) is 75.4 cm³/mol. The zero-order valence-corrected chi connectivity index (χ0v) is 11.4. The quantitative estimate of drug-likeness (QED) is 0.730. The van der Waals surface area contributed by atoms with E-state index < -0.39 is 5.91 Å². The van der Waals surface area contributed by atoms with Crippen molar-refractivity contribution in [3.05, 3.63) is 24.3 Å². The molecule has 20 heavy (non-hydrogen) atoms. The minimum absolute atomic E-state index is 0.00769. The van der Waals surface area contributed by atoms with Crippen molar-refractivity contribution in [2.24, 2.45) is 11.1 Å². The topological polar surface area (TPSA) is 93.4 Å². The average Bonchev–Trinajstić information content (AvgIpc) is 2.86. The Balaban J connectivity index is 1.93. The average molecular weight is 277 g/mol. The van der Waals surface area contributed by atoms with Crippen molar-refractivity contribution in [2.45, 2.75) is 13.3 Å². The predicted octanol–water partition coefficient (Wildman–Crippen LogP) is 0.489. The molecule has 1 aliphatic rings. The fourth-order valence-electron chi connectivity index (χ4n) is 2.08. The van der Waals surface area contributed by atoms with Gasteiger partial charge in [-0.05, 0) is 44.2 Å². The third-order valence-corrected chi connectivity index (χ3v) is 3.41. The molecule has 1 atom stereocenters. The van der Waals surface area contributed by atoms with E-state index in [1.807, 2.05) is 6.92 Å². The van der Waals surface area contributed by atoms with Gasteiger partial charge in [0.05, 0.1) is 5.41 Å². The minimum Gasteiger partial charge on any atom is -0.484 e. The molecule has 1 fully saturated rings. The lowest BCUT2D eigenvalue weighted by atomic mass is 9.89. The van der Waals surface area contributed by atoms with Crippen LogP contribution >= 0.6 is 0 Å². The zero-order valence-electron chi connectivity index (χ0n) is 11.4. The van der Waals surface area contributed by atoms with Gasteiger partial charge < -0.3 is 21.1 Å². The van der Waals surface area contributed by atoms with Crippen LogP contribution < -0.4 is 21.1 Å². The SMILES string of the molecule is CC1(C(=O)Nc2ccc(OCC(N)=O)cc2)CCNC1. The Kier molecular flexibility index (Phi) is 4.24. The summed E-state index contributed by atoms with van der Waals surface area (Å²) in [6.45, 7) is 3.35. The molecule has 1 aliphatic heterocycles. The second kappa shape index (κ2) is 5.92. The highest BCUT2D eigenvalue weighted by molar-refractivity contribution is 5.95. The Morgan fingerprint density at radius 3 is 2.65 bits per heavy atom. The highest BCUT2D eigenvalue weighted by Gasteiger charge is 2.36. The fraction of sp³-hybridized carbons (Fsp3) is 0.429. The standard InChI is InChI=1S/C14H19N3O3/c1-14(6-7-16-9-14)13(19)17-10-2-4-11(5-3-10)20-8-12(15)18/h2-5,16H,6-9H2,1H3,(H2,15,18)(H,17,19). The lowest BCUT2D eigenvalue weighted by Crippen LogP contribution is -2.35. The first-order chi connectivity index (χ1) is 9.49. The van der Waals surface area contributed by atoms with Gasteiger partial charge in [0.25, 0.3) is 5.91 Å². The van der Waals surface area contributed by atoms with Crippen molar-refractivity contribution in [1.82, 2.24) is 5.32 Å². The van der Waals surface area contributed by atoms with Crippen LogP contribution in [0.15, 0.2) is 24.3 Å². The number of anilines is 1. The van der Waals surface area contributed by atoms with E-state index in [9.17, 15) is 9.59 Å². The maximum absolute atomic E-state index is 12.2. The molecule has 2 rings (SSSR count). The van der Waals surface area contributed by atoms with Crippen LogP contribution in [0.3, 0.4) is 0 Å². The summed E-state index contributed by atoms with van der Waals surface area (Å²) < 4.78 is 5.15. The molecule has 0 bridgehead atoms. The van der Waals surface area contributed by atoms with Gasteiger partial charge in [-0.2, -0.15) is 0 Å². The molecule has 1 aromatic rings. The number of nitrogens with one attached hydrogen (secondary N) is 2. The Morgan fingerprint density at radius 1 is 1.40 bits per heavy atom. The largest absolute Gasteiger partial charge is 0.484 e. The van der Waals surface area contributed by atoms with Gasteiger partial charge in [-0.3, -0.25) is 9.59 Å². The minimum atomic E-state index is -0.524. The van der Waals surface area contributed by atoms with Crippen LogP contribution in [0.25, 0.3) is 0 Å². The van der Waals surface area contributed by atoms with E-state index in [2.05, 4.69) is 10.6 Å². The molecule has 0 spiro atoms. The molecule has 0 saturated carbocycles. The van der Waals surface area contributed by atoms with E-state index >= 15 is 0 Å². The molecule has 0 radical (unpaired) electrons. The first-order valence-corrected chi connectivity index (χ1v) is 6.53. The van der Waals surface area contributed by atoms with Crippen molar-refractivity contribution in [2.75, 3.05) is 25.0 Å². The normalized spacial score (nSPS) is 21.4. The highest BCUT2D eigenvalue weighted by atomic mass is 16.5. The number of ether oxygens (including phenoxy) is 1. The molecule has 1 saturated heterocycles. The number of hydrogen-bond acceptors (Lipinski definition) is 4. The zero-order chi connectivity index (χ0) is 14.6. The van der Waals surface area contributed by atoms with Crippen LogP contribution in [0.1, 0.15) is 13.3 Å². The van der Waals surface area contributed by atoms with E-state index in [0.717, 1.165) is 13.0 Å². The number of rotatable bonds is 5. The molecule has 1 heterocycles. The van der Waals surface area contributed by atoms with Crippen LogP contribution in [0, 0.1) is 5.41 Å². The number of carbonyl (C=O) groups excluding carboxylic acids is 2. The molecular weight excluding hydrogens is 258 g/mol. The van der Waals surface area contributed by atoms with Gasteiger partial charge in [-0.25, -0.2) is 0 Å². The fourth-order valence-corrected chi connectivity index (χ4v) is 2.08. The molecule has 4 N–H and O–H groups in total. The summed E-state index contributed by atoms with van der Waals surface area (Å²) in [5, 5.41) is 6.08. The molecular formula is C14H19N3O3. The Labute approximate surface area is 117 Å². The number of primary amides is 1. The van der Waals surface area contributed by atoms with Crippen molar-refractivity contribution in [3.8, 4) is 5.75 Å². The molecule has 0 aliphatic carbocycles. The first-order valence-electron chi connectivity index (χ1n) is 6.53. The van der Waals surface area contributed by atoms with Crippen LogP contribution in [0.2, 0.25) is 0 Å². The van der Waals surface area contributed by atoms with Crippen LogP contribution in [0.5, 0.6) is 5.75 Å². The lowest BCUT2D eigenvalue weighted by molar-refractivity contribution is -0.123. The van der Waals surface area contributed by atoms with Gasteiger partial charge in [0.1, 0.15) is 5.75 Å². The van der Waals surface area contributed by atoms with Gasteiger partial charge in [0.15, 0.2) is 6.61 Å². The summed E-state index contributed by atoms with van der Waals surface area (Å²) in [5.41, 5.74) is 5.34. The van der Waals surface area contributed by atoms with Crippen molar-refractivity contribution in [1.29, 1.82) is 0 Å². The molecule has 1 aromatic carbocycles. The van der Waals surface area contributed by atoms with E-state index in [4.69, 9.17) is 10.5 Å². The smallest absolute Gasteiger partial charge is 0.255 e. The summed E-state index contributed by atoms with van der Waals surface area (Å²) >= 11 is 0. The number of hydrogen-bond donors (Lipinski definition) is 3. The van der Waals surface area contributed by atoms with E-state index in [0.29, 0.717) is 18.0 Å². The Bertz CT molecular complexity index is 493. The maximum atomic E-state index is 12.2. The summed E-state index contributed by atoms with van der Waals surface area (Å²) in [5.74, 6) is 0.0212. The van der Waals surface area contributed by atoms with Crippen molar-refractivity contribution in [3.63, 3.8) is 0 Å². The Morgan fingerprint density at radius 2 is 2.10 bits per heavy atom. The second-order valence-corrected chi connectivity index (χ2v) is 5.22. The molecule has 2 amide bonds. The molecule has 1 unspecified atom stereocenters. The highest BCUT2D eigenvalue weighted by Crippen LogP contribution is 2.26. The van der Waals surface area contributed by atoms with Gasteiger partial charge >= 0.3 is 0 Å². The van der Waals surface area contributed by atoms with Gasteiger partial charge in [-0.15, -0.1) is 0 Å². The monoisotopic (exact) mass is 277 g/mol. The molecule has 6 heteroatoms. The van der Waals surface area contributed by atoms with Crippen molar-refractivity contribution >= 4 is 17.5 Å². The number of amides is 2. The number of nitrogens with two attached hydrogens (primary N) is 1. The first kappa shape index (κ1) is 14.3. The summed E-state index contributed by atoms with van der Waals surface area (Å²) in [7, 11) is 0. The summed E-state index contributed by atoms with van der Waals surface area (Å²) in [6, 6.07) is 6.85. The lowest BCUT2D eigenvalue weighted by Gasteiger charge is -2.21. The van der Waals surface area contributed by atoms with Crippen LogP contribution in [-0.4, -0.2) is 31.5 Å². The van der Waals surface area contributed by atoms with Gasteiger partial charge in [-0.1, -0.05) is 0 Å². The summed E-state index contributed by atoms with van der Waals surface area (Å²) in [4.78, 5) is 22.8. The van der Waals surface area contributed by atoms with E-state index in [-0.39, 0.29) is 17.9 Å². The molecule has 6 nitrogen and oxygen atoms in total.